The van der Waals surface area contributed by atoms with Gasteiger partial charge in [-0.25, -0.2) is 19.8 Å². The van der Waals surface area contributed by atoms with E-state index >= 15 is 0 Å². The lowest BCUT2D eigenvalue weighted by atomic mass is 9.95. The van der Waals surface area contributed by atoms with Gasteiger partial charge >= 0.3 is 6.09 Å². The number of aliphatic imine (C=N–C) groups is 3. The number of nitrogens with zero attached hydrogens (tertiary/aromatic N) is 3. The van der Waals surface area contributed by atoms with Crippen LogP contribution in [-0.4, -0.2) is 84.3 Å². The second kappa shape index (κ2) is 16.8. The molecule has 8 bridgehead atoms. The van der Waals surface area contributed by atoms with Crippen molar-refractivity contribution in [3.05, 3.63) is 96.3 Å². The van der Waals surface area contributed by atoms with Gasteiger partial charge < -0.3 is 34.9 Å². The number of aromatic nitrogens is 1. The summed E-state index contributed by atoms with van der Waals surface area (Å²) in [5.41, 5.74) is 13.1. The number of aliphatic hydroxyl groups is 1. The number of H-pyrrole nitrogens is 1. The maximum atomic E-state index is 13.1. The first kappa shape index (κ1) is 40.3. The van der Waals surface area contributed by atoms with Crippen LogP contribution in [0.5, 0.6) is 0 Å². The van der Waals surface area contributed by atoms with Crippen molar-refractivity contribution < 1.29 is 28.9 Å². The average molecular weight is 763 g/mol. The molecular formula is C44H54N6O6. The highest BCUT2D eigenvalue weighted by atomic mass is 16.6. The van der Waals surface area contributed by atoms with Crippen LogP contribution in [0.2, 0.25) is 0 Å². The molecule has 2 amide bonds. The molecule has 5 heterocycles. The van der Waals surface area contributed by atoms with Gasteiger partial charge in [-0.15, -0.1) is 0 Å². The lowest BCUT2D eigenvalue weighted by Crippen LogP contribution is -2.34. The van der Waals surface area contributed by atoms with Crippen molar-refractivity contribution in [2.45, 2.75) is 86.7 Å². The predicted octanol–water partition coefficient (Wildman–Crippen LogP) is 6.03. The monoisotopic (exact) mass is 762 g/mol. The molecule has 0 atom stereocenters. The molecule has 0 fully saturated rings. The summed E-state index contributed by atoms with van der Waals surface area (Å²) in [6.45, 7) is 22.0. The number of nitrogens with one attached hydrogen (secondary N) is 3. The third-order valence-corrected chi connectivity index (χ3v) is 10.4. The van der Waals surface area contributed by atoms with E-state index in [-0.39, 0.29) is 18.1 Å². The molecule has 6 rings (SSSR count). The maximum Gasteiger partial charge on any atom is 0.407 e. The summed E-state index contributed by atoms with van der Waals surface area (Å²) in [7, 11) is 0. The van der Waals surface area contributed by atoms with Gasteiger partial charge in [0.1, 0.15) is 11.4 Å². The molecule has 0 aromatic carbocycles. The lowest BCUT2D eigenvalue weighted by molar-refractivity contribution is -0.121. The van der Waals surface area contributed by atoms with E-state index < -0.39 is 11.7 Å². The third-order valence-electron chi connectivity index (χ3n) is 10.4. The number of fused-ring (bicyclic) bond motifs is 5. The van der Waals surface area contributed by atoms with Gasteiger partial charge in [0.25, 0.3) is 0 Å². The Kier molecular flexibility index (Phi) is 12.1. The van der Waals surface area contributed by atoms with Crippen LogP contribution in [0.1, 0.15) is 85.3 Å². The molecule has 1 aromatic rings. The van der Waals surface area contributed by atoms with Crippen molar-refractivity contribution in [3.63, 3.8) is 0 Å². The van der Waals surface area contributed by atoms with E-state index in [0.29, 0.717) is 52.4 Å². The zero-order chi connectivity index (χ0) is 40.3. The van der Waals surface area contributed by atoms with E-state index in [2.05, 4.69) is 55.1 Å². The van der Waals surface area contributed by atoms with Gasteiger partial charge in [0, 0.05) is 53.3 Å². The second-order valence-corrected chi connectivity index (χ2v) is 15.4. The van der Waals surface area contributed by atoms with Crippen molar-refractivity contribution in [2.75, 3.05) is 39.5 Å². The fourth-order valence-electron chi connectivity index (χ4n) is 7.48. The van der Waals surface area contributed by atoms with Gasteiger partial charge in [0.2, 0.25) is 5.91 Å². The molecular weight excluding hydrogens is 709 g/mol. The molecule has 4 N–H and O–H groups in total. The van der Waals surface area contributed by atoms with Gasteiger partial charge in [0.05, 0.1) is 60.7 Å². The Bertz CT molecular complexity index is 2280. The van der Waals surface area contributed by atoms with Crippen LogP contribution in [0.4, 0.5) is 4.79 Å². The summed E-state index contributed by atoms with van der Waals surface area (Å²) in [5, 5.41) is 18.8. The number of alkyl carbamates (subject to hydrolysis) is 1. The number of hydrogen-bond acceptors (Lipinski definition) is 9. The van der Waals surface area contributed by atoms with Gasteiger partial charge in [-0.1, -0.05) is 19.6 Å². The molecule has 0 spiro atoms. The van der Waals surface area contributed by atoms with E-state index in [1.54, 1.807) is 0 Å². The summed E-state index contributed by atoms with van der Waals surface area (Å²) in [6.07, 6.45) is 9.41. The molecule has 12 heteroatoms. The van der Waals surface area contributed by atoms with Crippen molar-refractivity contribution >= 4 is 47.4 Å². The van der Waals surface area contributed by atoms with Crippen molar-refractivity contribution in [2.24, 2.45) is 15.0 Å². The Labute approximate surface area is 328 Å². The molecule has 0 unspecified atom stereocenters. The molecule has 0 radical (unpaired) electrons. The third kappa shape index (κ3) is 8.56. The Morgan fingerprint density at radius 3 is 2.23 bits per heavy atom. The minimum Gasteiger partial charge on any atom is -0.511 e. The topological polar surface area (TPSA) is 159 Å². The zero-order valence-corrected chi connectivity index (χ0v) is 33.9. The molecule has 5 aliphatic rings. The number of allylic oxidation sites excluding steroid dienone is 8. The fraction of sp³-hybridized carbons (Fsp3) is 0.432. The van der Waals surface area contributed by atoms with Gasteiger partial charge in [-0.2, -0.15) is 0 Å². The first-order valence-electron chi connectivity index (χ1n) is 19.4. The smallest absolute Gasteiger partial charge is 0.407 e. The Balaban J connectivity index is 1.17. The molecule has 4 aliphatic heterocycles. The van der Waals surface area contributed by atoms with Crippen LogP contribution in [0.25, 0.3) is 18.2 Å². The van der Waals surface area contributed by atoms with Crippen LogP contribution in [0, 0.1) is 6.92 Å². The number of hydrogen-bond donors (Lipinski definition) is 4. The molecule has 0 saturated carbocycles. The number of aliphatic hydroxyl groups excluding tert-OH is 1. The van der Waals surface area contributed by atoms with Gasteiger partial charge in [-0.3, -0.25) is 4.79 Å². The number of amides is 2. The SMILES string of the molecule is C=Cc1c(C)c2[nH]c1=CC1=NC(=CC3=C(C)C4=C(O)CC(=C5N=C(C=2)C(C)=C5CCC(=O)NCCOCCOCCNC(=O)OC(C)(C)C)C4=N3)C(CC)=C1C. The highest BCUT2D eigenvalue weighted by Gasteiger charge is 2.37. The largest absolute Gasteiger partial charge is 0.511 e. The van der Waals surface area contributed by atoms with Crippen molar-refractivity contribution in [3.8, 4) is 0 Å². The van der Waals surface area contributed by atoms with E-state index in [1.807, 2.05) is 46.8 Å². The Morgan fingerprint density at radius 2 is 1.55 bits per heavy atom. The number of aromatic amines is 1. The van der Waals surface area contributed by atoms with E-state index in [4.69, 9.17) is 29.2 Å². The van der Waals surface area contributed by atoms with E-state index in [1.165, 1.54) is 0 Å². The zero-order valence-electron chi connectivity index (χ0n) is 33.9. The summed E-state index contributed by atoms with van der Waals surface area (Å²) in [4.78, 5) is 43.8. The van der Waals surface area contributed by atoms with Crippen LogP contribution in [0.3, 0.4) is 0 Å². The Morgan fingerprint density at radius 1 is 0.893 bits per heavy atom. The van der Waals surface area contributed by atoms with Crippen molar-refractivity contribution in [1.29, 1.82) is 0 Å². The predicted molar refractivity (Wildman–Crippen MR) is 222 cm³/mol. The standard InChI is InChI=1S/C44H54N6O6/c1-10-28-24(3)32-21-34-26(5)30(12-13-39(52)45-14-16-54-18-19-55-17-15-46-43(53)56-44(7,8)9)41(49-34)31-20-38(51)40-27(6)35(50-42(31)40)23-37-29(11-2)25(4)33(48-37)22-36(28)47-32/h10,21-23,47,51H,1,11-20H2,2-9H3,(H,45,52)(H,46,53). The van der Waals surface area contributed by atoms with Crippen molar-refractivity contribution in [1.82, 2.24) is 15.6 Å². The highest BCUT2D eigenvalue weighted by Crippen LogP contribution is 2.44. The first-order chi connectivity index (χ1) is 26.7. The van der Waals surface area contributed by atoms with Crippen LogP contribution in [-0.2, 0) is 19.0 Å². The molecule has 56 heavy (non-hydrogen) atoms. The normalized spacial score (nSPS) is 17.6. The van der Waals surface area contributed by atoms with Crippen LogP contribution >= 0.6 is 0 Å². The second-order valence-electron chi connectivity index (χ2n) is 15.4. The van der Waals surface area contributed by atoms with Crippen LogP contribution < -0.4 is 21.3 Å². The maximum absolute atomic E-state index is 13.1. The van der Waals surface area contributed by atoms with E-state index in [0.717, 1.165) is 101 Å². The highest BCUT2D eigenvalue weighted by molar-refractivity contribution is 6.26. The average Bonchev–Trinajstić information content (AvgIpc) is 3.89. The van der Waals surface area contributed by atoms with Gasteiger partial charge in [0.15, 0.2) is 0 Å². The molecule has 12 nitrogen and oxygen atoms in total. The minimum atomic E-state index is -0.550. The quantitative estimate of drug-likeness (QED) is 0.170. The number of rotatable bonds is 14. The molecule has 296 valence electrons. The fourth-order valence-corrected chi connectivity index (χ4v) is 7.48. The molecule has 1 aliphatic carbocycles. The summed E-state index contributed by atoms with van der Waals surface area (Å²) < 4.78 is 16.3. The first-order valence-corrected chi connectivity index (χ1v) is 19.4. The van der Waals surface area contributed by atoms with E-state index in [9.17, 15) is 14.7 Å². The lowest BCUT2D eigenvalue weighted by Gasteiger charge is -2.19. The molecule has 0 saturated heterocycles. The minimum absolute atomic E-state index is 0.0985. The summed E-state index contributed by atoms with van der Waals surface area (Å²) in [5.74, 6) is 0.175. The Hall–Kier alpha value is -5.33. The summed E-state index contributed by atoms with van der Waals surface area (Å²) in [6, 6.07) is 0. The van der Waals surface area contributed by atoms with Crippen LogP contribution in [0.15, 0.2) is 89.5 Å². The molecule has 1 aromatic heterocycles. The number of ether oxygens (including phenoxy) is 3. The number of carbonyl (C=O) groups excluding carboxylic acids is 2. The van der Waals surface area contributed by atoms with Gasteiger partial charge in [-0.05, 0) is 113 Å². The number of carbonyl (C=O) groups is 2. The summed E-state index contributed by atoms with van der Waals surface area (Å²) >= 11 is 0.